The minimum atomic E-state index is -0.0389. The first-order valence-electron chi connectivity index (χ1n) is 10.6. The number of benzene rings is 1. The monoisotopic (exact) mass is 418 g/mol. The van der Waals surface area contributed by atoms with Crippen LogP contribution in [0.5, 0.6) is 5.75 Å². The highest BCUT2D eigenvalue weighted by Crippen LogP contribution is 2.44. The first kappa shape index (κ1) is 19.1. The lowest BCUT2D eigenvalue weighted by atomic mass is 9.98. The highest BCUT2D eigenvalue weighted by Gasteiger charge is 2.42. The SMILES string of the molecule is COc1ccccc1N1C(=S)N[C@@H](c2ccccn2)[C@@H]1c1ccn(C2CCCC2)c1. The third kappa shape index (κ3) is 3.35. The molecule has 5 rings (SSSR count). The minimum absolute atomic E-state index is 0.00801. The molecule has 2 fully saturated rings. The maximum absolute atomic E-state index is 5.82. The zero-order valence-electron chi connectivity index (χ0n) is 17.1. The average Bonchev–Trinajstić information content (AvgIpc) is 3.53. The van der Waals surface area contributed by atoms with Crippen LogP contribution in [0.1, 0.15) is 55.1 Å². The molecule has 1 aromatic carbocycles. The Hall–Kier alpha value is -2.86. The lowest BCUT2D eigenvalue weighted by Gasteiger charge is -2.28. The van der Waals surface area contributed by atoms with E-state index in [-0.39, 0.29) is 12.1 Å². The van der Waals surface area contributed by atoms with Crippen LogP contribution in [0.2, 0.25) is 0 Å². The van der Waals surface area contributed by atoms with Crippen LogP contribution in [0.4, 0.5) is 5.69 Å². The normalized spacial score (nSPS) is 21.8. The Morgan fingerprint density at radius 2 is 1.87 bits per heavy atom. The number of ether oxygens (including phenoxy) is 1. The molecule has 1 N–H and O–H groups in total. The predicted molar refractivity (Wildman–Crippen MR) is 123 cm³/mol. The second-order valence-electron chi connectivity index (χ2n) is 8.00. The van der Waals surface area contributed by atoms with Crippen LogP contribution in [-0.2, 0) is 0 Å². The van der Waals surface area contributed by atoms with E-state index in [1.165, 1.54) is 31.2 Å². The third-order valence-corrected chi connectivity index (χ3v) is 6.58. The van der Waals surface area contributed by atoms with Crippen molar-refractivity contribution >= 4 is 23.0 Å². The molecule has 0 amide bonds. The smallest absolute Gasteiger partial charge is 0.174 e. The van der Waals surface area contributed by atoms with E-state index in [0.717, 1.165) is 17.1 Å². The van der Waals surface area contributed by atoms with E-state index in [0.29, 0.717) is 11.2 Å². The number of pyridine rings is 1. The first-order chi connectivity index (χ1) is 14.8. The topological polar surface area (TPSA) is 42.3 Å². The number of aromatic nitrogens is 2. The number of thiocarbonyl (C=S) groups is 1. The van der Waals surface area contributed by atoms with E-state index in [9.17, 15) is 0 Å². The molecule has 1 aliphatic heterocycles. The summed E-state index contributed by atoms with van der Waals surface area (Å²) >= 11 is 5.82. The van der Waals surface area contributed by atoms with Crippen molar-refractivity contribution in [3.8, 4) is 5.75 Å². The zero-order valence-corrected chi connectivity index (χ0v) is 17.9. The lowest BCUT2D eigenvalue weighted by molar-refractivity contribution is 0.414. The van der Waals surface area contributed by atoms with Gasteiger partial charge in [-0.05, 0) is 61.0 Å². The van der Waals surface area contributed by atoms with Crippen LogP contribution in [0.25, 0.3) is 0 Å². The van der Waals surface area contributed by atoms with Gasteiger partial charge in [-0.25, -0.2) is 0 Å². The van der Waals surface area contributed by atoms with Crippen molar-refractivity contribution in [3.63, 3.8) is 0 Å². The van der Waals surface area contributed by atoms with E-state index in [1.54, 1.807) is 7.11 Å². The van der Waals surface area contributed by atoms with E-state index in [2.05, 4.69) is 50.4 Å². The van der Waals surface area contributed by atoms with Crippen molar-refractivity contribution in [1.82, 2.24) is 14.9 Å². The fourth-order valence-corrected chi connectivity index (χ4v) is 5.16. The van der Waals surface area contributed by atoms with Gasteiger partial charge in [-0.2, -0.15) is 0 Å². The molecule has 2 aromatic heterocycles. The van der Waals surface area contributed by atoms with Crippen LogP contribution in [0.15, 0.2) is 67.1 Å². The van der Waals surface area contributed by atoms with Gasteiger partial charge in [-0.15, -0.1) is 0 Å². The molecule has 0 unspecified atom stereocenters. The first-order valence-corrected chi connectivity index (χ1v) is 11.0. The summed E-state index contributed by atoms with van der Waals surface area (Å²) < 4.78 is 8.06. The van der Waals surface area contributed by atoms with Crippen molar-refractivity contribution < 1.29 is 4.74 Å². The Morgan fingerprint density at radius 3 is 2.63 bits per heavy atom. The van der Waals surface area contributed by atoms with Crippen molar-refractivity contribution in [1.29, 1.82) is 0 Å². The number of methoxy groups -OCH3 is 1. The number of hydrogen-bond acceptors (Lipinski definition) is 3. The molecule has 2 atom stereocenters. The maximum atomic E-state index is 5.82. The fourth-order valence-electron chi connectivity index (χ4n) is 4.82. The van der Waals surface area contributed by atoms with Crippen LogP contribution < -0.4 is 15.0 Å². The quantitative estimate of drug-likeness (QED) is 0.578. The Balaban J connectivity index is 1.59. The third-order valence-electron chi connectivity index (χ3n) is 6.27. The molecule has 0 spiro atoms. The molecule has 1 saturated carbocycles. The summed E-state index contributed by atoms with van der Waals surface area (Å²) in [5.74, 6) is 0.809. The van der Waals surface area contributed by atoms with Gasteiger partial charge in [-0.3, -0.25) is 4.98 Å². The number of nitrogens with zero attached hydrogens (tertiary/aromatic N) is 3. The van der Waals surface area contributed by atoms with E-state index in [4.69, 9.17) is 17.0 Å². The van der Waals surface area contributed by atoms with Gasteiger partial charge in [0.2, 0.25) is 0 Å². The minimum Gasteiger partial charge on any atom is -0.495 e. The summed E-state index contributed by atoms with van der Waals surface area (Å²) in [6.07, 6.45) is 11.5. The molecular weight excluding hydrogens is 392 g/mol. The standard InChI is InChI=1S/C24H26N4OS/c1-29-21-12-5-4-11-20(21)28-23(17-13-15-27(16-17)18-8-2-3-9-18)22(26-24(28)30)19-10-6-7-14-25-19/h4-7,10-16,18,22-23H,2-3,8-9H2,1H3,(H,26,30)/t22-,23-/m0/s1. The molecular formula is C24H26N4OS. The molecule has 6 heteroatoms. The Kier molecular flexibility index (Phi) is 5.17. The molecule has 2 aliphatic rings. The van der Waals surface area contributed by atoms with Crippen LogP contribution in [-0.4, -0.2) is 21.8 Å². The van der Waals surface area contributed by atoms with Gasteiger partial charge in [0.25, 0.3) is 0 Å². The summed E-state index contributed by atoms with van der Waals surface area (Å²) in [7, 11) is 1.70. The lowest BCUT2D eigenvalue weighted by Crippen LogP contribution is -2.29. The average molecular weight is 419 g/mol. The number of anilines is 1. The number of nitrogens with one attached hydrogen (secondary N) is 1. The summed E-state index contributed by atoms with van der Waals surface area (Å²) in [4.78, 5) is 6.82. The molecule has 0 bridgehead atoms. The van der Waals surface area contributed by atoms with Gasteiger partial charge in [0, 0.05) is 24.6 Å². The molecule has 3 aromatic rings. The van der Waals surface area contributed by atoms with Gasteiger partial charge in [-0.1, -0.05) is 31.0 Å². The summed E-state index contributed by atoms with van der Waals surface area (Å²) in [5.41, 5.74) is 3.18. The fraction of sp³-hybridized carbons (Fsp3) is 0.333. The largest absolute Gasteiger partial charge is 0.495 e. The second-order valence-corrected chi connectivity index (χ2v) is 8.39. The molecule has 154 valence electrons. The molecule has 0 radical (unpaired) electrons. The molecule has 1 aliphatic carbocycles. The molecule has 5 nitrogen and oxygen atoms in total. The number of para-hydroxylation sites is 2. The van der Waals surface area contributed by atoms with Gasteiger partial charge in [0.05, 0.1) is 30.6 Å². The van der Waals surface area contributed by atoms with Crippen molar-refractivity contribution in [2.45, 2.75) is 43.8 Å². The van der Waals surface area contributed by atoms with Crippen LogP contribution in [0.3, 0.4) is 0 Å². The zero-order chi connectivity index (χ0) is 20.5. The Morgan fingerprint density at radius 1 is 1.07 bits per heavy atom. The number of rotatable bonds is 5. The van der Waals surface area contributed by atoms with Gasteiger partial charge in [0.1, 0.15) is 5.75 Å². The van der Waals surface area contributed by atoms with Gasteiger partial charge in [0.15, 0.2) is 5.11 Å². The molecule has 1 saturated heterocycles. The maximum Gasteiger partial charge on any atom is 0.174 e. The summed E-state index contributed by atoms with van der Waals surface area (Å²) in [6.45, 7) is 0. The highest BCUT2D eigenvalue weighted by atomic mass is 32.1. The van der Waals surface area contributed by atoms with Crippen molar-refractivity contribution in [3.05, 3.63) is 78.4 Å². The summed E-state index contributed by atoms with van der Waals surface area (Å²) in [5, 5.41) is 4.22. The number of hydrogen-bond donors (Lipinski definition) is 1. The Labute approximate surface area is 182 Å². The predicted octanol–water partition coefficient (Wildman–Crippen LogP) is 5.18. The van der Waals surface area contributed by atoms with Crippen molar-refractivity contribution in [2.24, 2.45) is 0 Å². The second kappa shape index (κ2) is 8.11. The van der Waals surface area contributed by atoms with Crippen molar-refractivity contribution in [2.75, 3.05) is 12.0 Å². The highest BCUT2D eigenvalue weighted by molar-refractivity contribution is 7.80. The van der Waals surface area contributed by atoms with E-state index >= 15 is 0 Å². The van der Waals surface area contributed by atoms with Crippen LogP contribution in [0, 0.1) is 0 Å². The Bertz CT molecular complexity index is 1030. The molecule has 30 heavy (non-hydrogen) atoms. The van der Waals surface area contributed by atoms with Crippen LogP contribution >= 0.6 is 12.2 Å². The molecule has 3 heterocycles. The summed E-state index contributed by atoms with van der Waals surface area (Å²) in [6, 6.07) is 16.9. The van der Waals surface area contributed by atoms with E-state index in [1.807, 2.05) is 36.5 Å². The van der Waals surface area contributed by atoms with Gasteiger partial charge < -0.3 is 19.5 Å². The van der Waals surface area contributed by atoms with E-state index < -0.39 is 0 Å². The van der Waals surface area contributed by atoms with Gasteiger partial charge >= 0.3 is 0 Å².